The number of rotatable bonds is 1. The third-order valence-corrected chi connectivity index (χ3v) is 1.15. The fourth-order valence-corrected chi connectivity index (χ4v) is 0.675. The van der Waals surface area contributed by atoms with E-state index in [0.29, 0.717) is 5.69 Å². The Balaban J connectivity index is 2.65. The molecule has 0 aliphatic rings. The molecular formula is C8H8NO2+. The van der Waals surface area contributed by atoms with Crippen LogP contribution >= 0.6 is 0 Å². The van der Waals surface area contributed by atoms with Gasteiger partial charge in [0.15, 0.2) is 6.79 Å². The Kier molecular flexibility index (Phi) is 2.38. The van der Waals surface area contributed by atoms with Crippen LogP contribution in [0.5, 0.6) is 0 Å². The van der Waals surface area contributed by atoms with Crippen molar-refractivity contribution in [3.63, 3.8) is 0 Å². The van der Waals surface area contributed by atoms with Gasteiger partial charge in [0, 0.05) is 5.69 Å². The van der Waals surface area contributed by atoms with E-state index >= 15 is 0 Å². The molecule has 0 fully saturated rings. The summed E-state index contributed by atoms with van der Waals surface area (Å²) in [5.74, 6) is 0. The molecule has 3 heteroatoms. The van der Waals surface area contributed by atoms with Crippen molar-refractivity contribution < 1.29 is 9.22 Å². The Morgan fingerprint density at radius 3 is 2.55 bits per heavy atom. The third-order valence-electron chi connectivity index (χ3n) is 1.15. The number of anilines is 1. The van der Waals surface area contributed by atoms with Crippen molar-refractivity contribution in [2.24, 2.45) is 0 Å². The summed E-state index contributed by atoms with van der Waals surface area (Å²) in [5.41, 5.74) is 0.696. The van der Waals surface area contributed by atoms with Crippen molar-refractivity contribution in [2.45, 2.75) is 0 Å². The van der Waals surface area contributed by atoms with Gasteiger partial charge in [-0.15, -0.1) is 0 Å². The summed E-state index contributed by atoms with van der Waals surface area (Å²) in [6.45, 7) is 2.97. The predicted molar refractivity (Wildman–Crippen MR) is 42.6 cm³/mol. The molecule has 0 saturated heterocycles. The lowest BCUT2D eigenvalue weighted by atomic mass is 10.3. The van der Waals surface area contributed by atoms with Crippen molar-refractivity contribution >= 4 is 18.6 Å². The number of para-hydroxylation sites is 1. The van der Waals surface area contributed by atoms with Crippen LogP contribution < -0.4 is 5.32 Å². The summed E-state index contributed by atoms with van der Waals surface area (Å²) in [6, 6.07) is 9.02. The van der Waals surface area contributed by atoms with Crippen LogP contribution in [0.3, 0.4) is 0 Å². The number of nitrogens with one attached hydrogen (secondary N) is 1. The maximum absolute atomic E-state index is 10.6. The Morgan fingerprint density at radius 2 is 2.00 bits per heavy atom. The van der Waals surface area contributed by atoms with Crippen LogP contribution in [0.15, 0.2) is 30.3 Å². The van der Waals surface area contributed by atoms with Crippen LogP contribution in [0.2, 0.25) is 0 Å². The molecule has 0 aliphatic carbocycles. The first-order valence-corrected chi connectivity index (χ1v) is 3.11. The van der Waals surface area contributed by atoms with Crippen molar-refractivity contribution in [1.82, 2.24) is 0 Å². The molecule has 1 N–H and O–H groups in total. The molecule has 0 aliphatic heterocycles. The Morgan fingerprint density at radius 1 is 1.36 bits per heavy atom. The van der Waals surface area contributed by atoms with Gasteiger partial charge < -0.3 is 0 Å². The van der Waals surface area contributed by atoms with Gasteiger partial charge in [0.05, 0.1) is 4.79 Å². The molecule has 11 heavy (non-hydrogen) atoms. The minimum absolute atomic E-state index is 0.559. The van der Waals surface area contributed by atoms with E-state index in [1.807, 2.05) is 18.2 Å². The minimum atomic E-state index is -0.559. The number of amides is 1. The molecule has 0 radical (unpaired) electrons. The first-order chi connectivity index (χ1) is 5.33. The van der Waals surface area contributed by atoms with Gasteiger partial charge in [0.2, 0.25) is 0 Å². The van der Waals surface area contributed by atoms with E-state index in [1.165, 1.54) is 0 Å². The fourth-order valence-electron chi connectivity index (χ4n) is 0.675. The molecule has 0 unspecified atom stereocenters. The molecule has 0 atom stereocenters. The second-order valence-corrected chi connectivity index (χ2v) is 1.92. The van der Waals surface area contributed by atoms with Crippen molar-refractivity contribution in [3.8, 4) is 0 Å². The number of benzene rings is 1. The van der Waals surface area contributed by atoms with E-state index in [2.05, 4.69) is 16.5 Å². The zero-order valence-electron chi connectivity index (χ0n) is 5.91. The predicted octanol–water partition coefficient (Wildman–Crippen LogP) is 1.58. The molecule has 0 bridgehead atoms. The van der Waals surface area contributed by atoms with Crippen LogP contribution in [-0.4, -0.2) is 12.9 Å². The summed E-state index contributed by atoms with van der Waals surface area (Å²) in [6.07, 6.45) is -0.559. The van der Waals surface area contributed by atoms with Gasteiger partial charge in [-0.1, -0.05) is 18.2 Å². The number of hydrogen-bond donors (Lipinski definition) is 1. The minimum Gasteiger partial charge on any atom is -0.270 e. The highest BCUT2D eigenvalue weighted by Gasteiger charge is 2.09. The molecule has 0 heterocycles. The standard InChI is InChI=1S/C8H7NO2/c1-11-8(10)9-7-5-3-2-4-6-7/h2-6H,1H2/p+1. The Bertz CT molecular complexity index is 256. The molecule has 1 rings (SSSR count). The van der Waals surface area contributed by atoms with Crippen LogP contribution in [0.1, 0.15) is 0 Å². The highest BCUT2D eigenvalue weighted by atomic mass is 16.5. The zero-order chi connectivity index (χ0) is 8.10. The lowest BCUT2D eigenvalue weighted by molar-refractivity contribution is -0.325. The van der Waals surface area contributed by atoms with E-state index in [4.69, 9.17) is 0 Å². The monoisotopic (exact) mass is 150 g/mol. The highest BCUT2D eigenvalue weighted by Crippen LogP contribution is 2.03. The highest BCUT2D eigenvalue weighted by molar-refractivity contribution is 5.82. The molecule has 1 amide bonds. The van der Waals surface area contributed by atoms with Crippen molar-refractivity contribution in [1.29, 1.82) is 0 Å². The second kappa shape index (κ2) is 3.51. The summed E-state index contributed by atoms with van der Waals surface area (Å²) < 4.78 is 4.15. The summed E-state index contributed by atoms with van der Waals surface area (Å²) in [4.78, 5) is 10.6. The normalized spacial score (nSPS) is 8.73. The van der Waals surface area contributed by atoms with E-state index < -0.39 is 6.09 Å². The SMILES string of the molecule is C=[O+]C(=O)Nc1ccccc1. The quantitative estimate of drug-likeness (QED) is 0.606. The topological polar surface area (TPSA) is 40.4 Å². The molecule has 1 aromatic rings. The summed E-state index contributed by atoms with van der Waals surface area (Å²) in [7, 11) is 0. The van der Waals surface area contributed by atoms with Crippen LogP contribution in [0.4, 0.5) is 10.5 Å². The Hall–Kier alpha value is -1.64. The van der Waals surface area contributed by atoms with Gasteiger partial charge in [0.1, 0.15) is 0 Å². The maximum atomic E-state index is 10.6. The van der Waals surface area contributed by atoms with Gasteiger partial charge in [-0.3, -0.25) is 4.42 Å². The Labute approximate surface area is 64.4 Å². The lowest BCUT2D eigenvalue weighted by Gasteiger charge is -1.91. The molecule has 56 valence electrons. The average Bonchev–Trinajstić information content (AvgIpc) is 2.06. The number of carbonyl (C=O) groups is 1. The van der Waals surface area contributed by atoms with Gasteiger partial charge in [-0.25, -0.2) is 5.32 Å². The van der Waals surface area contributed by atoms with Crippen molar-refractivity contribution in [3.05, 3.63) is 30.3 Å². The average molecular weight is 150 g/mol. The third kappa shape index (κ3) is 2.21. The van der Waals surface area contributed by atoms with E-state index in [1.54, 1.807) is 12.1 Å². The smallest absolute Gasteiger partial charge is 0.270 e. The number of carbonyl (C=O) groups excluding carboxylic acids is 2. The van der Waals surface area contributed by atoms with Gasteiger partial charge in [-0.2, -0.15) is 0 Å². The first-order valence-electron chi connectivity index (χ1n) is 3.11. The van der Waals surface area contributed by atoms with Crippen LogP contribution in [0, 0.1) is 0 Å². The zero-order valence-corrected chi connectivity index (χ0v) is 5.91. The van der Waals surface area contributed by atoms with Crippen molar-refractivity contribution in [2.75, 3.05) is 5.32 Å². The molecule has 0 aromatic heterocycles. The molecule has 0 saturated carbocycles. The maximum Gasteiger partial charge on any atom is 0.695 e. The number of hydrogen-bond acceptors (Lipinski definition) is 1. The summed E-state index contributed by atoms with van der Waals surface area (Å²) in [5, 5.41) is 2.47. The molecular weight excluding hydrogens is 142 g/mol. The molecule has 1 aromatic carbocycles. The van der Waals surface area contributed by atoms with Crippen LogP contribution in [-0.2, 0) is 4.42 Å². The van der Waals surface area contributed by atoms with E-state index in [0.717, 1.165) is 0 Å². The first kappa shape index (κ1) is 7.47. The van der Waals surface area contributed by atoms with E-state index in [9.17, 15) is 4.79 Å². The lowest BCUT2D eigenvalue weighted by Crippen LogP contribution is -2.08. The molecule has 3 nitrogen and oxygen atoms in total. The molecule has 0 spiro atoms. The second-order valence-electron chi connectivity index (χ2n) is 1.92. The van der Waals surface area contributed by atoms with E-state index in [-0.39, 0.29) is 0 Å². The van der Waals surface area contributed by atoms with Gasteiger partial charge >= 0.3 is 6.09 Å². The van der Waals surface area contributed by atoms with Gasteiger partial charge in [-0.05, 0) is 12.1 Å². The fraction of sp³-hybridized carbons (Fsp3) is 0. The largest absolute Gasteiger partial charge is 0.695 e. The van der Waals surface area contributed by atoms with Crippen LogP contribution in [0.25, 0.3) is 0 Å². The summed E-state index contributed by atoms with van der Waals surface area (Å²) >= 11 is 0. The van der Waals surface area contributed by atoms with Gasteiger partial charge in [0.25, 0.3) is 0 Å².